The van der Waals surface area contributed by atoms with Crippen molar-refractivity contribution in [2.75, 3.05) is 20.1 Å². The van der Waals surface area contributed by atoms with Crippen molar-refractivity contribution in [2.45, 2.75) is 25.6 Å². The first kappa shape index (κ1) is 15.8. The third kappa shape index (κ3) is 5.92. The highest BCUT2D eigenvalue weighted by Crippen LogP contribution is 2.04. The molecule has 1 rings (SSSR count). The van der Waals surface area contributed by atoms with Crippen LogP contribution in [0.15, 0.2) is 0 Å². The van der Waals surface area contributed by atoms with E-state index >= 15 is 0 Å². The molecule has 0 aromatic rings. The summed E-state index contributed by atoms with van der Waals surface area (Å²) < 4.78 is 9.80. The van der Waals surface area contributed by atoms with Gasteiger partial charge in [-0.15, -0.1) is 5.54 Å². The first-order chi connectivity index (χ1) is 8.67. The second kappa shape index (κ2) is 6.23. The Morgan fingerprint density at radius 1 is 1.26 bits per heavy atom. The van der Waals surface area contributed by atoms with Gasteiger partial charge in [0.15, 0.2) is 6.00 Å². The third-order valence-corrected chi connectivity index (χ3v) is 3.04. The van der Waals surface area contributed by atoms with Gasteiger partial charge in [0.2, 0.25) is 0 Å². The molecular formula is C11H18BNO5Si. The summed E-state index contributed by atoms with van der Waals surface area (Å²) in [5.41, 5.74) is 2.94. The maximum Gasteiger partial charge on any atom is 0.642 e. The summed E-state index contributed by atoms with van der Waals surface area (Å²) in [4.78, 5) is 24.4. The van der Waals surface area contributed by atoms with Crippen LogP contribution in [0.1, 0.15) is 0 Å². The van der Waals surface area contributed by atoms with E-state index in [1.807, 2.05) is 19.6 Å². The van der Waals surface area contributed by atoms with Crippen molar-refractivity contribution >= 4 is 27.1 Å². The summed E-state index contributed by atoms with van der Waals surface area (Å²) in [6.45, 7) is 5.98. The Hall–Kier alpha value is -1.30. The molecule has 1 N–H and O–H groups in total. The van der Waals surface area contributed by atoms with Crippen LogP contribution in [0, 0.1) is 11.5 Å². The molecule has 1 unspecified atom stereocenters. The monoisotopic (exact) mass is 283 g/mol. The van der Waals surface area contributed by atoms with Gasteiger partial charge in [0.1, 0.15) is 8.07 Å². The summed E-state index contributed by atoms with van der Waals surface area (Å²) >= 11 is 0. The Labute approximate surface area is 114 Å². The summed E-state index contributed by atoms with van der Waals surface area (Å²) in [5, 5.41) is 9.84. The molecule has 1 saturated heterocycles. The molecule has 104 valence electrons. The first-order valence-corrected chi connectivity index (χ1v) is 9.45. The van der Waals surface area contributed by atoms with E-state index in [1.54, 1.807) is 7.05 Å². The van der Waals surface area contributed by atoms with E-state index in [9.17, 15) is 14.7 Å². The minimum Gasteiger partial charge on any atom is -0.496 e. The number of nitrogens with zero attached hydrogens (tertiary/aromatic N) is 1. The minimum atomic E-state index is -1.66. The van der Waals surface area contributed by atoms with Crippen LogP contribution >= 0.6 is 0 Å². The molecule has 0 aromatic carbocycles. The van der Waals surface area contributed by atoms with E-state index in [0.29, 0.717) is 0 Å². The van der Waals surface area contributed by atoms with Crippen molar-refractivity contribution in [1.29, 1.82) is 0 Å². The molecular weight excluding hydrogens is 265 g/mol. The lowest BCUT2D eigenvalue weighted by molar-refractivity contribution is -0.146. The summed E-state index contributed by atoms with van der Waals surface area (Å²) in [6, 6.07) is -1.32. The predicted octanol–water partition coefficient (Wildman–Crippen LogP) is -0.713. The summed E-state index contributed by atoms with van der Waals surface area (Å²) in [5.74, 6) is 1.47. The Morgan fingerprint density at radius 2 is 1.74 bits per heavy atom. The zero-order valence-electron chi connectivity index (χ0n) is 11.6. The van der Waals surface area contributed by atoms with E-state index in [1.165, 1.54) is 4.90 Å². The van der Waals surface area contributed by atoms with Crippen molar-refractivity contribution in [2.24, 2.45) is 0 Å². The zero-order valence-corrected chi connectivity index (χ0v) is 12.6. The molecule has 0 saturated carbocycles. The Kier molecular flexibility index (Phi) is 5.17. The molecule has 0 aliphatic carbocycles. The van der Waals surface area contributed by atoms with Crippen molar-refractivity contribution < 1.29 is 24.0 Å². The van der Waals surface area contributed by atoms with E-state index in [4.69, 9.17) is 9.31 Å². The van der Waals surface area contributed by atoms with Gasteiger partial charge in [0, 0.05) is 0 Å². The Balaban J connectivity index is 2.76. The average Bonchev–Trinajstić information content (AvgIpc) is 2.21. The van der Waals surface area contributed by atoms with Gasteiger partial charge in [-0.2, -0.15) is 0 Å². The lowest BCUT2D eigenvalue weighted by Crippen LogP contribution is -2.47. The number of hydrogen-bond acceptors (Lipinski definition) is 6. The molecule has 1 fully saturated rings. The fraction of sp³-hybridized carbons (Fsp3) is 0.636. The van der Waals surface area contributed by atoms with Crippen molar-refractivity contribution in [3.8, 4) is 11.5 Å². The maximum atomic E-state index is 11.5. The van der Waals surface area contributed by atoms with E-state index in [0.717, 1.165) is 0 Å². The normalized spacial score (nSPS) is 19.5. The largest absolute Gasteiger partial charge is 0.642 e. The topological polar surface area (TPSA) is 76.1 Å². The molecule has 1 aliphatic heterocycles. The quantitative estimate of drug-likeness (QED) is 0.506. The molecule has 19 heavy (non-hydrogen) atoms. The smallest absolute Gasteiger partial charge is 0.496 e. The van der Waals surface area contributed by atoms with Crippen LogP contribution in [0.2, 0.25) is 19.6 Å². The molecule has 0 bridgehead atoms. The lowest BCUT2D eigenvalue weighted by atomic mass is 9.81. The Bertz CT molecular complexity index is 405. The fourth-order valence-electron chi connectivity index (χ4n) is 1.34. The van der Waals surface area contributed by atoms with Crippen molar-refractivity contribution in [1.82, 2.24) is 4.90 Å². The van der Waals surface area contributed by atoms with Crippen LogP contribution in [0.4, 0.5) is 0 Å². The predicted molar refractivity (Wildman–Crippen MR) is 72.6 cm³/mol. The molecule has 1 atom stereocenters. The van der Waals surface area contributed by atoms with Gasteiger partial charge < -0.3 is 14.4 Å². The van der Waals surface area contributed by atoms with Gasteiger partial charge >= 0.3 is 19.1 Å². The van der Waals surface area contributed by atoms with E-state index in [2.05, 4.69) is 11.5 Å². The van der Waals surface area contributed by atoms with Crippen LogP contribution in [0.5, 0.6) is 0 Å². The van der Waals surface area contributed by atoms with Gasteiger partial charge in [-0.3, -0.25) is 14.5 Å². The highest BCUT2D eigenvalue weighted by molar-refractivity contribution is 6.84. The first-order valence-electron chi connectivity index (χ1n) is 5.95. The average molecular weight is 283 g/mol. The van der Waals surface area contributed by atoms with Gasteiger partial charge in [0.05, 0.1) is 13.1 Å². The van der Waals surface area contributed by atoms with Crippen LogP contribution in [-0.4, -0.2) is 63.3 Å². The SMILES string of the molecule is CN1CC(=O)OB(C(O)C#C[Si](C)(C)C)OC(=O)C1. The third-order valence-electron chi connectivity index (χ3n) is 2.15. The van der Waals surface area contributed by atoms with Crippen molar-refractivity contribution in [3.05, 3.63) is 0 Å². The number of carbonyl (C=O) groups excluding carboxylic acids is 2. The van der Waals surface area contributed by atoms with Crippen molar-refractivity contribution in [3.63, 3.8) is 0 Å². The molecule has 0 aromatic heterocycles. The van der Waals surface area contributed by atoms with Gasteiger partial charge in [-0.1, -0.05) is 25.6 Å². The summed E-state index contributed by atoms with van der Waals surface area (Å²) in [6.07, 6.45) is 0. The molecule has 0 radical (unpaired) electrons. The Morgan fingerprint density at radius 3 is 2.16 bits per heavy atom. The highest BCUT2D eigenvalue weighted by Gasteiger charge is 2.38. The number of carbonyl (C=O) groups is 2. The second-order valence-corrected chi connectivity index (χ2v) is 10.2. The van der Waals surface area contributed by atoms with Crippen LogP contribution in [0.25, 0.3) is 0 Å². The van der Waals surface area contributed by atoms with Crippen LogP contribution in [-0.2, 0) is 18.9 Å². The number of aliphatic hydroxyl groups is 1. The molecule has 0 amide bonds. The van der Waals surface area contributed by atoms with Crippen LogP contribution in [0.3, 0.4) is 0 Å². The number of likely N-dealkylation sites (N-methyl/N-ethyl adjacent to an activating group) is 1. The lowest BCUT2D eigenvalue weighted by Gasteiger charge is -2.23. The van der Waals surface area contributed by atoms with Crippen LogP contribution < -0.4 is 0 Å². The molecule has 1 heterocycles. The van der Waals surface area contributed by atoms with Gasteiger partial charge in [-0.05, 0) is 7.05 Å². The molecule has 6 nitrogen and oxygen atoms in total. The minimum absolute atomic E-state index is 0.0280. The molecule has 8 heteroatoms. The van der Waals surface area contributed by atoms with E-state index in [-0.39, 0.29) is 13.1 Å². The maximum absolute atomic E-state index is 11.5. The number of aliphatic hydroxyl groups excluding tert-OH is 1. The fourth-order valence-corrected chi connectivity index (χ4v) is 1.92. The number of rotatable bonds is 1. The molecule has 0 spiro atoms. The van der Waals surface area contributed by atoms with E-state index < -0.39 is 33.1 Å². The van der Waals surface area contributed by atoms with Gasteiger partial charge in [0.25, 0.3) is 0 Å². The summed E-state index contributed by atoms with van der Waals surface area (Å²) in [7, 11) is -1.41. The van der Waals surface area contributed by atoms with Gasteiger partial charge in [-0.25, -0.2) is 0 Å². The second-order valence-electron chi connectivity index (χ2n) is 5.48. The zero-order chi connectivity index (χ0) is 14.6. The molecule has 1 aliphatic rings. The number of hydrogen-bond donors (Lipinski definition) is 1. The standard InChI is InChI=1S/C11H18BNO5Si/c1-13-7-10(15)17-12(18-11(16)8-13)9(14)5-6-19(2,3)4/h9,14H,7-8H2,1-4H3. The highest BCUT2D eigenvalue weighted by atomic mass is 28.3.